The van der Waals surface area contributed by atoms with E-state index in [1.165, 1.54) is 12.8 Å². The lowest BCUT2D eigenvalue weighted by Crippen LogP contribution is -2.31. The lowest BCUT2D eigenvalue weighted by Gasteiger charge is -2.18. The number of ether oxygens (including phenoxy) is 1. The number of nitrogens with one attached hydrogen (secondary N) is 1. The van der Waals surface area contributed by atoms with Crippen molar-refractivity contribution in [2.45, 2.75) is 32.3 Å². The molecule has 1 saturated carbocycles. The van der Waals surface area contributed by atoms with E-state index in [1.807, 2.05) is 37.3 Å². The number of aromatic nitrogens is 1. The first-order valence-corrected chi connectivity index (χ1v) is 8.01. The fraction of sp³-hybridized carbons (Fsp3) is 0.444. The van der Waals surface area contributed by atoms with E-state index in [9.17, 15) is 4.79 Å². The topological polar surface area (TPSA) is 51.2 Å². The first kappa shape index (κ1) is 13.7. The monoisotopic (exact) mass is 296 g/mol. The van der Waals surface area contributed by atoms with Crippen molar-refractivity contribution in [1.29, 1.82) is 0 Å². The van der Waals surface area contributed by atoms with Gasteiger partial charge in [0.1, 0.15) is 0 Å². The normalized spacial score (nSPS) is 24.6. The number of rotatable bonds is 3. The fourth-order valence-corrected chi connectivity index (χ4v) is 3.42. The maximum absolute atomic E-state index is 12.7. The largest absolute Gasteiger partial charge is 0.377 e. The predicted octanol–water partition coefficient (Wildman–Crippen LogP) is 3.30. The van der Waals surface area contributed by atoms with Crippen molar-refractivity contribution in [3.8, 4) is 0 Å². The molecule has 2 aliphatic rings. The number of hydrogen-bond acceptors (Lipinski definition) is 3. The molecule has 0 unspecified atom stereocenters. The maximum atomic E-state index is 12.7. The Hall–Kier alpha value is -1.94. The number of anilines is 1. The van der Waals surface area contributed by atoms with E-state index >= 15 is 0 Å². The number of carbonyl (C=O) groups excluding carboxylic acids is 1. The Kier molecular flexibility index (Phi) is 3.34. The van der Waals surface area contributed by atoms with Gasteiger partial charge in [-0.25, -0.2) is 0 Å². The van der Waals surface area contributed by atoms with Crippen molar-refractivity contribution in [2.75, 3.05) is 11.9 Å². The van der Waals surface area contributed by atoms with Gasteiger partial charge in [-0.15, -0.1) is 0 Å². The highest BCUT2D eigenvalue weighted by Gasteiger charge is 2.43. The molecule has 0 spiro atoms. The van der Waals surface area contributed by atoms with E-state index in [2.05, 4.69) is 10.3 Å². The zero-order valence-corrected chi connectivity index (χ0v) is 12.7. The van der Waals surface area contributed by atoms with Gasteiger partial charge in [0.25, 0.3) is 0 Å². The lowest BCUT2D eigenvalue weighted by molar-refractivity contribution is -0.121. The Morgan fingerprint density at radius 2 is 2.09 bits per heavy atom. The number of aryl methyl sites for hydroxylation is 1. The van der Waals surface area contributed by atoms with Gasteiger partial charge in [-0.1, -0.05) is 18.2 Å². The van der Waals surface area contributed by atoms with Crippen LogP contribution >= 0.6 is 0 Å². The molecule has 114 valence electrons. The van der Waals surface area contributed by atoms with Gasteiger partial charge in [0.05, 0.1) is 23.2 Å². The minimum absolute atomic E-state index is 0.0141. The number of hydrogen-bond donors (Lipinski definition) is 1. The van der Waals surface area contributed by atoms with Crippen LogP contribution in [0.25, 0.3) is 10.9 Å². The summed E-state index contributed by atoms with van der Waals surface area (Å²) < 4.78 is 5.79. The van der Waals surface area contributed by atoms with Crippen LogP contribution in [0.5, 0.6) is 0 Å². The molecule has 1 aliphatic heterocycles. The molecule has 2 fully saturated rings. The van der Waals surface area contributed by atoms with E-state index in [1.54, 1.807) is 0 Å². The first-order valence-electron chi connectivity index (χ1n) is 8.01. The van der Waals surface area contributed by atoms with Crippen molar-refractivity contribution in [3.63, 3.8) is 0 Å². The highest BCUT2D eigenvalue weighted by atomic mass is 16.5. The molecule has 0 radical (unpaired) electrons. The van der Waals surface area contributed by atoms with Gasteiger partial charge in [0, 0.05) is 17.7 Å². The molecular formula is C18H20N2O2. The summed E-state index contributed by atoms with van der Waals surface area (Å²) in [6.07, 6.45) is 3.35. The van der Waals surface area contributed by atoms with E-state index in [0.717, 1.165) is 28.7 Å². The van der Waals surface area contributed by atoms with Crippen molar-refractivity contribution in [1.82, 2.24) is 4.98 Å². The maximum Gasteiger partial charge on any atom is 0.230 e. The van der Waals surface area contributed by atoms with Crippen LogP contribution in [0.2, 0.25) is 0 Å². The molecule has 1 aromatic heterocycles. The Bertz CT molecular complexity index is 724. The Labute approximate surface area is 129 Å². The number of nitrogens with zero attached hydrogens (tertiary/aromatic N) is 1. The zero-order valence-electron chi connectivity index (χ0n) is 12.7. The van der Waals surface area contributed by atoms with Crippen LogP contribution in [0.15, 0.2) is 30.3 Å². The van der Waals surface area contributed by atoms with Crippen LogP contribution in [0, 0.1) is 18.8 Å². The van der Waals surface area contributed by atoms with Gasteiger partial charge >= 0.3 is 0 Å². The highest BCUT2D eigenvalue weighted by Crippen LogP contribution is 2.41. The molecule has 4 heteroatoms. The number of fused-ring (bicyclic) bond motifs is 1. The van der Waals surface area contributed by atoms with Crippen LogP contribution in [0.4, 0.5) is 5.69 Å². The Morgan fingerprint density at radius 3 is 2.91 bits per heavy atom. The van der Waals surface area contributed by atoms with Gasteiger partial charge in [0.2, 0.25) is 5.91 Å². The van der Waals surface area contributed by atoms with Crippen LogP contribution in [-0.4, -0.2) is 23.6 Å². The molecule has 1 aromatic carbocycles. The number of para-hydroxylation sites is 1. The summed E-state index contributed by atoms with van der Waals surface area (Å²) in [5.41, 5.74) is 2.68. The standard InChI is InChI=1S/C18H20N2O2/c1-11-10-16(13-4-2-3-5-15(13)19-11)20-18(21)14-8-9-22-17(14)12-6-7-12/h2-5,10,12,14,17H,6-9H2,1H3,(H,19,20,21)/t14-,17+/m1/s1. The van der Waals surface area contributed by atoms with Gasteiger partial charge < -0.3 is 10.1 Å². The third-order valence-corrected chi connectivity index (χ3v) is 4.66. The van der Waals surface area contributed by atoms with Gasteiger partial charge in [-0.2, -0.15) is 0 Å². The van der Waals surface area contributed by atoms with Crippen molar-refractivity contribution in [2.24, 2.45) is 11.8 Å². The van der Waals surface area contributed by atoms with E-state index in [0.29, 0.717) is 12.5 Å². The second-order valence-corrected chi connectivity index (χ2v) is 6.39. The van der Waals surface area contributed by atoms with Crippen molar-refractivity contribution >= 4 is 22.5 Å². The third-order valence-electron chi connectivity index (χ3n) is 4.66. The van der Waals surface area contributed by atoms with Gasteiger partial charge in [-0.3, -0.25) is 9.78 Å². The summed E-state index contributed by atoms with van der Waals surface area (Å²) in [7, 11) is 0. The molecule has 1 aliphatic carbocycles. The summed E-state index contributed by atoms with van der Waals surface area (Å²) in [4.78, 5) is 17.2. The van der Waals surface area contributed by atoms with Crippen LogP contribution < -0.4 is 5.32 Å². The molecule has 2 aromatic rings. The van der Waals surface area contributed by atoms with Crippen LogP contribution in [0.1, 0.15) is 25.0 Å². The molecule has 2 atom stereocenters. The molecule has 2 heterocycles. The highest BCUT2D eigenvalue weighted by molar-refractivity contribution is 6.02. The number of carbonyl (C=O) groups is 1. The average Bonchev–Trinajstić information content (AvgIpc) is 3.23. The summed E-state index contributed by atoms with van der Waals surface area (Å²) in [5.74, 6) is 0.666. The summed E-state index contributed by atoms with van der Waals surface area (Å²) >= 11 is 0. The SMILES string of the molecule is Cc1cc(NC(=O)[C@@H]2CCO[C@H]2C2CC2)c2ccccc2n1. The van der Waals surface area contributed by atoms with E-state index < -0.39 is 0 Å². The lowest BCUT2D eigenvalue weighted by atomic mass is 9.96. The summed E-state index contributed by atoms with van der Waals surface area (Å²) in [5, 5.41) is 4.11. The molecule has 4 rings (SSSR count). The van der Waals surface area contributed by atoms with Gasteiger partial charge in [0.15, 0.2) is 0 Å². The first-order chi connectivity index (χ1) is 10.7. The molecule has 22 heavy (non-hydrogen) atoms. The number of benzene rings is 1. The Balaban J connectivity index is 1.61. The average molecular weight is 296 g/mol. The van der Waals surface area contributed by atoms with Crippen molar-refractivity contribution in [3.05, 3.63) is 36.0 Å². The predicted molar refractivity (Wildman–Crippen MR) is 85.7 cm³/mol. The number of pyridine rings is 1. The minimum atomic E-state index is -0.0141. The second-order valence-electron chi connectivity index (χ2n) is 6.39. The fourth-order valence-electron chi connectivity index (χ4n) is 3.42. The smallest absolute Gasteiger partial charge is 0.230 e. The van der Waals surface area contributed by atoms with E-state index in [4.69, 9.17) is 4.74 Å². The summed E-state index contributed by atoms with van der Waals surface area (Å²) in [6, 6.07) is 9.86. The second kappa shape index (κ2) is 5.36. The van der Waals surface area contributed by atoms with Crippen molar-refractivity contribution < 1.29 is 9.53 Å². The molecule has 1 saturated heterocycles. The van der Waals surface area contributed by atoms with Crippen LogP contribution in [0.3, 0.4) is 0 Å². The Morgan fingerprint density at radius 1 is 1.27 bits per heavy atom. The minimum Gasteiger partial charge on any atom is -0.377 e. The number of amides is 1. The molecule has 4 nitrogen and oxygen atoms in total. The quantitative estimate of drug-likeness (QED) is 0.945. The molecular weight excluding hydrogens is 276 g/mol. The third kappa shape index (κ3) is 2.48. The zero-order chi connectivity index (χ0) is 15.1. The van der Waals surface area contributed by atoms with E-state index in [-0.39, 0.29) is 17.9 Å². The molecule has 0 bridgehead atoms. The summed E-state index contributed by atoms with van der Waals surface area (Å²) in [6.45, 7) is 2.66. The molecule has 1 amide bonds. The van der Waals surface area contributed by atoms with Gasteiger partial charge in [-0.05, 0) is 44.2 Å². The van der Waals surface area contributed by atoms with Crippen LogP contribution in [-0.2, 0) is 9.53 Å². The molecule has 1 N–H and O–H groups in total.